The number of benzene rings is 2. The van der Waals surface area contributed by atoms with E-state index in [0.717, 1.165) is 27.0 Å². The van der Waals surface area contributed by atoms with Crippen molar-refractivity contribution in [2.24, 2.45) is 5.73 Å². The summed E-state index contributed by atoms with van der Waals surface area (Å²) in [5.74, 6) is 7.47. The van der Waals surface area contributed by atoms with Crippen molar-refractivity contribution in [2.75, 3.05) is 18.9 Å². The number of thioether (sulfide) groups is 1. The van der Waals surface area contributed by atoms with E-state index in [9.17, 15) is 0 Å². The molecule has 0 spiro atoms. The molecule has 0 bridgehead atoms. The van der Waals surface area contributed by atoms with Gasteiger partial charge in [-0.05, 0) is 30.3 Å². The molecule has 0 aromatic heterocycles. The number of hydrogen-bond acceptors (Lipinski definition) is 3. The summed E-state index contributed by atoms with van der Waals surface area (Å²) in [7, 11) is 0. The second-order valence-electron chi connectivity index (χ2n) is 4.16. The molecule has 0 amide bonds. The van der Waals surface area contributed by atoms with E-state index in [-0.39, 0.29) is 0 Å². The largest absolute Gasteiger partial charge is 0.493 e. The van der Waals surface area contributed by atoms with Gasteiger partial charge >= 0.3 is 0 Å². The molecule has 0 saturated carbocycles. The van der Waals surface area contributed by atoms with Crippen molar-refractivity contribution in [3.63, 3.8) is 0 Å². The highest BCUT2D eigenvalue weighted by Crippen LogP contribution is 2.26. The zero-order valence-electron chi connectivity index (χ0n) is 11.5. The van der Waals surface area contributed by atoms with Gasteiger partial charge < -0.3 is 10.5 Å². The Morgan fingerprint density at radius 3 is 2.81 bits per heavy atom. The van der Waals surface area contributed by atoms with Crippen LogP contribution in [0.4, 0.5) is 0 Å². The summed E-state index contributed by atoms with van der Waals surface area (Å²) in [4.78, 5) is 1.07. The number of halogens is 1. The van der Waals surface area contributed by atoms with Gasteiger partial charge in [0, 0.05) is 16.2 Å². The van der Waals surface area contributed by atoms with Gasteiger partial charge in [-0.3, -0.25) is 0 Å². The Kier molecular flexibility index (Phi) is 6.49. The molecular formula is C17H16ClNOS. The van der Waals surface area contributed by atoms with Crippen LogP contribution in [0.25, 0.3) is 0 Å². The van der Waals surface area contributed by atoms with Crippen LogP contribution in [0.15, 0.2) is 53.4 Å². The monoisotopic (exact) mass is 317 g/mol. The molecule has 0 heterocycles. The average molecular weight is 318 g/mol. The Morgan fingerprint density at radius 2 is 2.00 bits per heavy atom. The van der Waals surface area contributed by atoms with Crippen LogP contribution in [0.5, 0.6) is 5.75 Å². The third-order valence-electron chi connectivity index (χ3n) is 2.62. The summed E-state index contributed by atoms with van der Waals surface area (Å²) in [6.07, 6.45) is 0. The maximum atomic E-state index is 6.10. The van der Waals surface area contributed by atoms with Crippen molar-refractivity contribution in [2.45, 2.75) is 4.90 Å². The van der Waals surface area contributed by atoms with Crippen LogP contribution >= 0.6 is 23.4 Å². The number of nitrogens with two attached hydrogens (primary N) is 1. The Labute approximate surface area is 134 Å². The molecular weight excluding hydrogens is 302 g/mol. The Morgan fingerprint density at radius 1 is 1.14 bits per heavy atom. The molecule has 0 atom stereocenters. The maximum absolute atomic E-state index is 6.10. The highest BCUT2D eigenvalue weighted by molar-refractivity contribution is 7.99. The molecule has 0 aliphatic rings. The predicted molar refractivity (Wildman–Crippen MR) is 90.0 cm³/mol. The highest BCUT2D eigenvalue weighted by atomic mass is 35.5. The summed E-state index contributed by atoms with van der Waals surface area (Å²) in [6.45, 7) is 0.975. The molecule has 0 aliphatic carbocycles. The van der Waals surface area contributed by atoms with E-state index in [4.69, 9.17) is 22.1 Å². The summed E-state index contributed by atoms with van der Waals surface area (Å²) in [6, 6.07) is 15.5. The Bertz CT molecular complexity index is 648. The number of hydrogen-bond donors (Lipinski definition) is 1. The zero-order chi connectivity index (χ0) is 14.9. The second-order valence-corrected chi connectivity index (χ2v) is 5.71. The van der Waals surface area contributed by atoms with E-state index >= 15 is 0 Å². The first-order valence-corrected chi connectivity index (χ1v) is 7.95. The Hall–Kier alpha value is -1.60. The topological polar surface area (TPSA) is 35.2 Å². The van der Waals surface area contributed by atoms with Crippen LogP contribution in [0.3, 0.4) is 0 Å². The molecule has 0 unspecified atom stereocenters. The van der Waals surface area contributed by atoms with E-state index in [0.29, 0.717) is 13.2 Å². The van der Waals surface area contributed by atoms with Crippen molar-refractivity contribution in [3.05, 3.63) is 59.1 Å². The molecule has 2 N–H and O–H groups in total. The summed E-state index contributed by atoms with van der Waals surface area (Å²) >= 11 is 7.79. The van der Waals surface area contributed by atoms with Crippen LogP contribution in [0.2, 0.25) is 5.02 Å². The predicted octanol–water partition coefficient (Wildman–Crippen LogP) is 3.82. The van der Waals surface area contributed by atoms with E-state index in [1.165, 1.54) is 0 Å². The molecule has 0 saturated heterocycles. The Balaban J connectivity index is 1.82. The van der Waals surface area contributed by atoms with Crippen molar-refractivity contribution in [1.29, 1.82) is 0 Å². The SMILES string of the molecule is NCC#Cc1cccc(OCCSc2ccccc2Cl)c1. The van der Waals surface area contributed by atoms with E-state index in [1.807, 2.05) is 48.5 Å². The van der Waals surface area contributed by atoms with Crippen LogP contribution in [0.1, 0.15) is 5.56 Å². The van der Waals surface area contributed by atoms with Gasteiger partial charge in [0.25, 0.3) is 0 Å². The fraction of sp³-hybridized carbons (Fsp3) is 0.176. The van der Waals surface area contributed by atoms with Crippen LogP contribution < -0.4 is 10.5 Å². The highest BCUT2D eigenvalue weighted by Gasteiger charge is 2.00. The van der Waals surface area contributed by atoms with E-state index < -0.39 is 0 Å². The van der Waals surface area contributed by atoms with Gasteiger partial charge in [0.2, 0.25) is 0 Å². The van der Waals surface area contributed by atoms with Crippen molar-refractivity contribution in [3.8, 4) is 17.6 Å². The van der Waals surface area contributed by atoms with Crippen molar-refractivity contribution >= 4 is 23.4 Å². The molecule has 4 heteroatoms. The van der Waals surface area contributed by atoms with Crippen molar-refractivity contribution in [1.82, 2.24) is 0 Å². The summed E-state index contributed by atoms with van der Waals surface area (Å²) in [5, 5.41) is 0.779. The first kappa shape index (κ1) is 15.8. The third-order valence-corrected chi connectivity index (χ3v) is 4.09. The van der Waals surface area contributed by atoms with Gasteiger partial charge in [0.15, 0.2) is 0 Å². The molecule has 2 aromatic rings. The smallest absolute Gasteiger partial charge is 0.120 e. The molecule has 2 nitrogen and oxygen atoms in total. The lowest BCUT2D eigenvalue weighted by Gasteiger charge is -2.07. The van der Waals surface area contributed by atoms with Gasteiger partial charge in [0.05, 0.1) is 18.2 Å². The molecule has 0 radical (unpaired) electrons. The van der Waals surface area contributed by atoms with Gasteiger partial charge in [-0.2, -0.15) is 0 Å². The molecule has 0 aliphatic heterocycles. The van der Waals surface area contributed by atoms with Crippen LogP contribution in [0, 0.1) is 11.8 Å². The molecule has 0 fully saturated rings. The first-order chi connectivity index (χ1) is 10.3. The number of ether oxygens (including phenoxy) is 1. The maximum Gasteiger partial charge on any atom is 0.120 e. The fourth-order valence-corrected chi connectivity index (χ4v) is 2.76. The van der Waals surface area contributed by atoms with Gasteiger partial charge in [-0.25, -0.2) is 0 Å². The zero-order valence-corrected chi connectivity index (χ0v) is 13.1. The molecule has 2 aromatic carbocycles. The minimum Gasteiger partial charge on any atom is -0.493 e. The lowest BCUT2D eigenvalue weighted by atomic mass is 10.2. The minimum atomic E-state index is 0.361. The normalized spacial score (nSPS) is 9.81. The summed E-state index contributed by atoms with van der Waals surface area (Å²) in [5.41, 5.74) is 6.28. The first-order valence-electron chi connectivity index (χ1n) is 6.59. The second kappa shape index (κ2) is 8.63. The lowest BCUT2D eigenvalue weighted by Crippen LogP contribution is -2.00. The van der Waals surface area contributed by atoms with Gasteiger partial charge in [0.1, 0.15) is 5.75 Å². The molecule has 2 rings (SSSR count). The third kappa shape index (κ3) is 5.35. The standard InChI is InChI=1S/C17H16ClNOS/c18-16-8-1-2-9-17(16)21-12-11-20-15-7-3-5-14(13-15)6-4-10-19/h1-3,5,7-9,13H,10-12,19H2. The van der Waals surface area contributed by atoms with Gasteiger partial charge in [-0.15, -0.1) is 11.8 Å². The average Bonchev–Trinajstić information content (AvgIpc) is 2.51. The quantitative estimate of drug-likeness (QED) is 0.517. The molecule has 108 valence electrons. The fourth-order valence-electron chi connectivity index (χ4n) is 1.69. The molecule has 21 heavy (non-hydrogen) atoms. The van der Waals surface area contributed by atoms with E-state index in [1.54, 1.807) is 11.8 Å². The van der Waals surface area contributed by atoms with Crippen LogP contribution in [-0.4, -0.2) is 18.9 Å². The van der Waals surface area contributed by atoms with Gasteiger partial charge in [-0.1, -0.05) is 41.6 Å². The van der Waals surface area contributed by atoms with E-state index in [2.05, 4.69) is 11.8 Å². The number of rotatable bonds is 5. The summed E-state index contributed by atoms with van der Waals surface area (Å²) < 4.78 is 5.73. The minimum absolute atomic E-state index is 0.361. The lowest BCUT2D eigenvalue weighted by molar-refractivity contribution is 0.344. The van der Waals surface area contributed by atoms with Crippen LogP contribution in [-0.2, 0) is 0 Å². The van der Waals surface area contributed by atoms with Crippen molar-refractivity contribution < 1.29 is 4.74 Å².